The van der Waals surface area contributed by atoms with Gasteiger partial charge in [0.15, 0.2) is 6.29 Å². The van der Waals surface area contributed by atoms with Crippen molar-refractivity contribution in [2.75, 3.05) is 19.8 Å². The third-order valence-corrected chi connectivity index (χ3v) is 17.1. The van der Waals surface area contributed by atoms with Crippen LogP contribution < -0.4 is 5.32 Å². The maximum absolute atomic E-state index is 13.0. The number of aliphatic hydroxyl groups excluding tert-OH is 5. The fraction of sp³-hybridized carbons (Fsp3) is 0.865. The molecular weight excluding hydrogens is 1060 g/mol. The predicted molar refractivity (Wildman–Crippen MR) is 357 cm³/mol. The zero-order valence-corrected chi connectivity index (χ0v) is 55.3. The smallest absolute Gasteiger partial charge is 0.305 e. The first kappa shape index (κ1) is 80.6. The molecule has 85 heavy (non-hydrogen) atoms. The van der Waals surface area contributed by atoms with Gasteiger partial charge in [-0.2, -0.15) is 0 Å². The van der Waals surface area contributed by atoms with E-state index in [1.165, 1.54) is 257 Å². The monoisotopic (exact) mass is 1200 g/mol. The molecule has 1 saturated heterocycles. The van der Waals surface area contributed by atoms with E-state index in [0.29, 0.717) is 19.4 Å². The lowest BCUT2D eigenvalue weighted by Crippen LogP contribution is -2.60. The number of esters is 1. The van der Waals surface area contributed by atoms with E-state index in [-0.39, 0.29) is 18.5 Å². The second kappa shape index (κ2) is 63.2. The number of hydrogen-bond donors (Lipinski definition) is 6. The molecule has 11 nitrogen and oxygen atoms in total. The Balaban J connectivity index is 1.89. The van der Waals surface area contributed by atoms with Crippen LogP contribution in [0, 0.1) is 0 Å². The van der Waals surface area contributed by atoms with Crippen LogP contribution in [0.15, 0.2) is 48.6 Å². The highest BCUT2D eigenvalue weighted by molar-refractivity contribution is 5.76. The number of carbonyl (C=O) groups excluding carboxylic acids is 2. The summed E-state index contributed by atoms with van der Waals surface area (Å²) in [6.45, 7) is 4.28. The molecule has 1 rings (SSSR count). The van der Waals surface area contributed by atoms with Crippen molar-refractivity contribution in [2.45, 2.75) is 391 Å². The van der Waals surface area contributed by atoms with Crippen LogP contribution in [0.4, 0.5) is 0 Å². The van der Waals surface area contributed by atoms with Crippen LogP contribution in [0.25, 0.3) is 0 Å². The number of nitrogens with one attached hydrogen (secondary N) is 1. The van der Waals surface area contributed by atoms with Crippen molar-refractivity contribution in [1.29, 1.82) is 0 Å². The summed E-state index contributed by atoms with van der Waals surface area (Å²) < 4.78 is 16.7. The van der Waals surface area contributed by atoms with E-state index >= 15 is 0 Å². The van der Waals surface area contributed by atoms with Crippen molar-refractivity contribution in [3.05, 3.63) is 48.6 Å². The van der Waals surface area contributed by atoms with Crippen molar-refractivity contribution < 1.29 is 49.3 Å². The SMILES string of the molecule is CCC/C=C\C/C=C\CCCCCCCC(=O)OCCCCCCCCCCCCCCCC/C=C\CCCCCCCCCCCCCCCCCCCC(=O)NC(COC1OC(CO)C(O)C(O)C1O)C(O)/C=C/CCCCCCCCC. The van der Waals surface area contributed by atoms with Crippen molar-refractivity contribution in [3.63, 3.8) is 0 Å². The van der Waals surface area contributed by atoms with E-state index in [4.69, 9.17) is 14.2 Å². The molecule has 0 spiro atoms. The lowest BCUT2D eigenvalue weighted by molar-refractivity contribution is -0.302. The number of unbranched alkanes of at least 4 members (excludes halogenated alkanes) is 44. The molecular formula is C74H137NO10. The highest BCUT2D eigenvalue weighted by Crippen LogP contribution is 2.23. The summed E-state index contributed by atoms with van der Waals surface area (Å²) in [4.78, 5) is 25.1. The number of allylic oxidation sites excluding steroid dienone is 7. The van der Waals surface area contributed by atoms with Crippen LogP contribution in [0.2, 0.25) is 0 Å². The number of amides is 1. The molecule has 1 heterocycles. The minimum atomic E-state index is -1.57. The molecule has 1 aliphatic rings. The lowest BCUT2D eigenvalue weighted by Gasteiger charge is -2.40. The number of aliphatic hydroxyl groups is 5. The zero-order valence-electron chi connectivity index (χ0n) is 55.3. The molecule has 0 radical (unpaired) electrons. The van der Waals surface area contributed by atoms with Gasteiger partial charge in [-0.1, -0.05) is 300 Å². The molecule has 0 aromatic heterocycles. The second-order valence-electron chi connectivity index (χ2n) is 25.3. The van der Waals surface area contributed by atoms with Crippen molar-refractivity contribution >= 4 is 11.9 Å². The number of carbonyl (C=O) groups is 2. The van der Waals surface area contributed by atoms with E-state index < -0.39 is 49.5 Å². The van der Waals surface area contributed by atoms with Gasteiger partial charge in [0.1, 0.15) is 24.4 Å². The third kappa shape index (κ3) is 52.1. The van der Waals surface area contributed by atoms with Crippen LogP contribution in [-0.4, -0.2) is 100 Å². The summed E-state index contributed by atoms with van der Waals surface area (Å²) in [6, 6.07) is -0.806. The van der Waals surface area contributed by atoms with Crippen LogP contribution in [0.5, 0.6) is 0 Å². The molecule has 1 fully saturated rings. The Morgan fingerprint density at radius 1 is 0.435 bits per heavy atom. The highest BCUT2D eigenvalue weighted by Gasteiger charge is 2.44. The largest absolute Gasteiger partial charge is 0.466 e. The quantitative estimate of drug-likeness (QED) is 0.0195. The molecule has 1 aliphatic heterocycles. The molecule has 1 amide bonds. The summed E-state index contributed by atoms with van der Waals surface area (Å²) in [5, 5.41) is 54.3. The van der Waals surface area contributed by atoms with Gasteiger partial charge in [-0.05, 0) is 83.5 Å². The zero-order chi connectivity index (χ0) is 61.6. The van der Waals surface area contributed by atoms with E-state index in [1.54, 1.807) is 6.08 Å². The Labute approximate surface area is 523 Å². The number of hydrogen-bond acceptors (Lipinski definition) is 10. The minimum Gasteiger partial charge on any atom is -0.466 e. The van der Waals surface area contributed by atoms with Crippen molar-refractivity contribution in [1.82, 2.24) is 5.32 Å². The lowest BCUT2D eigenvalue weighted by atomic mass is 9.99. The summed E-state index contributed by atoms with van der Waals surface area (Å²) in [6.07, 6.45) is 72.8. The summed E-state index contributed by atoms with van der Waals surface area (Å²) in [5.41, 5.74) is 0. The van der Waals surface area contributed by atoms with Gasteiger partial charge in [0, 0.05) is 12.8 Å². The Bertz CT molecular complexity index is 1550. The topological polar surface area (TPSA) is 175 Å². The molecule has 0 aliphatic carbocycles. The van der Waals surface area contributed by atoms with Gasteiger partial charge in [-0.25, -0.2) is 0 Å². The molecule has 0 aromatic carbocycles. The average Bonchev–Trinajstić information content (AvgIpc) is 3.50. The molecule has 7 unspecified atom stereocenters. The third-order valence-electron chi connectivity index (χ3n) is 17.1. The van der Waals surface area contributed by atoms with Gasteiger partial charge < -0.3 is 45.1 Å². The van der Waals surface area contributed by atoms with E-state index in [0.717, 1.165) is 64.2 Å². The first-order chi connectivity index (χ1) is 41.7. The van der Waals surface area contributed by atoms with Gasteiger partial charge >= 0.3 is 5.97 Å². The van der Waals surface area contributed by atoms with Gasteiger partial charge in [0.25, 0.3) is 0 Å². The highest BCUT2D eigenvalue weighted by atomic mass is 16.7. The summed E-state index contributed by atoms with van der Waals surface area (Å²) >= 11 is 0. The molecule has 498 valence electrons. The van der Waals surface area contributed by atoms with Gasteiger partial charge in [0.2, 0.25) is 5.91 Å². The van der Waals surface area contributed by atoms with Crippen LogP contribution in [0.1, 0.15) is 348 Å². The molecule has 0 bridgehead atoms. The first-order valence-corrected chi connectivity index (χ1v) is 36.4. The van der Waals surface area contributed by atoms with Gasteiger partial charge in [-0.3, -0.25) is 9.59 Å². The fourth-order valence-corrected chi connectivity index (χ4v) is 11.4. The molecule has 11 heteroatoms. The summed E-state index contributed by atoms with van der Waals surface area (Å²) in [7, 11) is 0. The number of rotatable bonds is 64. The molecule has 7 atom stereocenters. The Hall–Kier alpha value is -2.38. The maximum Gasteiger partial charge on any atom is 0.305 e. The fourth-order valence-electron chi connectivity index (χ4n) is 11.4. The standard InChI is InChI=1S/C74H137NO10/c1-3-5-7-9-11-13-14-38-42-46-50-54-58-62-70(79)83-63-59-55-51-47-43-40-37-35-33-31-29-27-25-23-21-19-17-15-16-18-20-22-24-26-28-30-32-34-36-39-41-45-49-53-57-61-69(78)75-66(67(77)60-56-52-48-44-12-10-8-6-4-2)65-84-74-73(82)72(81)71(80)68(64-76)85-74/h7,9,13-14,17,19,56,60,66-68,71-74,76-77,80-82H,3-6,8,10-12,15-16,18,20-55,57-59,61-65H2,1-2H3,(H,75,78)/b9-7-,14-13-,19-17-,60-56+. The van der Waals surface area contributed by atoms with E-state index in [2.05, 4.69) is 55.6 Å². The average molecular weight is 1200 g/mol. The predicted octanol–water partition coefficient (Wildman–Crippen LogP) is 18.7. The van der Waals surface area contributed by atoms with Crippen molar-refractivity contribution in [2.24, 2.45) is 0 Å². The van der Waals surface area contributed by atoms with Crippen LogP contribution >= 0.6 is 0 Å². The molecule has 0 aromatic rings. The maximum atomic E-state index is 13.0. The van der Waals surface area contributed by atoms with Gasteiger partial charge in [-0.15, -0.1) is 0 Å². The Morgan fingerprint density at radius 2 is 0.812 bits per heavy atom. The molecule has 0 saturated carbocycles. The van der Waals surface area contributed by atoms with Crippen molar-refractivity contribution in [3.8, 4) is 0 Å². The second-order valence-corrected chi connectivity index (χ2v) is 25.3. The van der Waals surface area contributed by atoms with E-state index in [9.17, 15) is 35.1 Å². The summed E-state index contributed by atoms with van der Waals surface area (Å²) in [5.74, 6) is -0.181. The number of ether oxygens (including phenoxy) is 3. The van der Waals surface area contributed by atoms with E-state index in [1.807, 2.05) is 6.08 Å². The van der Waals surface area contributed by atoms with Gasteiger partial charge in [0.05, 0.1) is 32.0 Å². The Morgan fingerprint density at radius 3 is 1.25 bits per heavy atom. The first-order valence-electron chi connectivity index (χ1n) is 36.4. The van der Waals surface area contributed by atoms with Crippen LogP contribution in [-0.2, 0) is 23.8 Å². The molecule has 6 N–H and O–H groups in total. The van der Waals surface area contributed by atoms with Crippen LogP contribution in [0.3, 0.4) is 0 Å². The normalized spacial score (nSPS) is 18.2. The minimum absolute atomic E-state index is 0.00197. The Kier molecular flexibility index (Phi) is 60.0.